The number of hydrogen-bond donors (Lipinski definition) is 2. The summed E-state index contributed by atoms with van der Waals surface area (Å²) >= 11 is 14.4. The number of fused-ring (bicyclic) bond motifs is 2. The quantitative estimate of drug-likeness (QED) is 0.345. The zero-order chi connectivity index (χ0) is 17.4. The zero-order valence-corrected chi connectivity index (χ0v) is 15.6. The number of aromatic nitrogens is 4. The Morgan fingerprint density at radius 2 is 1.62 bits per heavy atom. The first-order chi connectivity index (χ1) is 11.4. The molecule has 0 atom stereocenters. The number of nitrogens with one attached hydrogen (secondary N) is 2. The summed E-state index contributed by atoms with van der Waals surface area (Å²) in [6.45, 7) is 3.83. The molecule has 0 fully saturated rings. The van der Waals surface area contributed by atoms with Crippen LogP contribution in [0.4, 0.5) is 0 Å². The highest BCUT2D eigenvalue weighted by molar-refractivity contribution is 7.18. The third kappa shape index (κ3) is 3.23. The average Bonchev–Trinajstić information content (AvgIpc) is 3.05. The summed E-state index contributed by atoms with van der Waals surface area (Å²) in [6, 6.07) is 0. The van der Waals surface area contributed by atoms with E-state index >= 15 is 0 Å². The standard InChI is InChI=1S/C7H4Cl2N2S.C7H6N2O2S/c1-3-2-12-5-4(3)10-7(9)11-6(5)8;1-3-2-12-5-4(3)8-7(11)9-6(5)10/h2H,1H3;2H,1H3,(H2,8,9,10,11). The van der Waals surface area contributed by atoms with E-state index in [9.17, 15) is 9.59 Å². The molecule has 0 unspecified atom stereocenters. The van der Waals surface area contributed by atoms with E-state index in [4.69, 9.17) is 23.2 Å². The van der Waals surface area contributed by atoms with Gasteiger partial charge in [0.2, 0.25) is 5.28 Å². The number of nitrogens with zero attached hydrogens (tertiary/aromatic N) is 2. The van der Waals surface area contributed by atoms with Crippen LogP contribution in [0.3, 0.4) is 0 Å². The maximum Gasteiger partial charge on any atom is 0.326 e. The van der Waals surface area contributed by atoms with E-state index in [0.717, 1.165) is 21.3 Å². The van der Waals surface area contributed by atoms with Crippen molar-refractivity contribution in [2.75, 3.05) is 0 Å². The van der Waals surface area contributed by atoms with Crippen LogP contribution in [0.2, 0.25) is 10.4 Å². The van der Waals surface area contributed by atoms with Gasteiger partial charge in [-0.3, -0.25) is 9.78 Å². The third-order valence-electron chi connectivity index (χ3n) is 3.17. The van der Waals surface area contributed by atoms with Crippen LogP contribution in [-0.2, 0) is 0 Å². The van der Waals surface area contributed by atoms with Gasteiger partial charge in [-0.05, 0) is 47.3 Å². The van der Waals surface area contributed by atoms with Crippen LogP contribution in [0.25, 0.3) is 20.4 Å². The van der Waals surface area contributed by atoms with Crippen molar-refractivity contribution in [3.05, 3.63) is 53.2 Å². The predicted octanol–water partition coefficient (Wildman–Crippen LogP) is 3.89. The molecule has 0 aromatic carbocycles. The largest absolute Gasteiger partial charge is 0.326 e. The number of aromatic amines is 2. The fourth-order valence-corrected chi connectivity index (χ4v) is 4.33. The molecule has 0 aliphatic carbocycles. The van der Waals surface area contributed by atoms with Crippen LogP contribution >= 0.6 is 45.9 Å². The molecule has 0 spiro atoms. The molecule has 124 valence electrons. The molecule has 0 bridgehead atoms. The highest BCUT2D eigenvalue weighted by atomic mass is 35.5. The summed E-state index contributed by atoms with van der Waals surface area (Å²) in [6.07, 6.45) is 0. The molecular formula is C14H10Cl2N4O2S2. The number of H-pyrrole nitrogens is 2. The van der Waals surface area contributed by atoms with Gasteiger partial charge in [-0.2, -0.15) is 0 Å². The molecule has 6 nitrogen and oxygen atoms in total. The Labute approximate surface area is 153 Å². The summed E-state index contributed by atoms with van der Waals surface area (Å²) in [4.78, 5) is 34.7. The second kappa shape index (κ2) is 6.64. The Kier molecular flexibility index (Phi) is 4.73. The first-order valence-electron chi connectivity index (χ1n) is 6.64. The molecule has 24 heavy (non-hydrogen) atoms. The Bertz CT molecular complexity index is 1160. The molecule has 0 aliphatic rings. The minimum atomic E-state index is -0.450. The number of hydrogen-bond acceptors (Lipinski definition) is 6. The molecule has 0 aliphatic heterocycles. The lowest BCUT2D eigenvalue weighted by Crippen LogP contribution is -2.20. The van der Waals surface area contributed by atoms with Crippen molar-refractivity contribution < 1.29 is 0 Å². The van der Waals surface area contributed by atoms with Crippen LogP contribution < -0.4 is 11.2 Å². The molecule has 0 radical (unpaired) electrons. The van der Waals surface area contributed by atoms with E-state index < -0.39 is 5.69 Å². The second-order valence-electron chi connectivity index (χ2n) is 4.91. The van der Waals surface area contributed by atoms with Gasteiger partial charge in [-0.15, -0.1) is 22.7 Å². The average molecular weight is 401 g/mol. The third-order valence-corrected chi connectivity index (χ3v) is 5.92. The lowest BCUT2D eigenvalue weighted by Gasteiger charge is -1.93. The van der Waals surface area contributed by atoms with Gasteiger partial charge in [-0.25, -0.2) is 14.8 Å². The number of thiophene rings is 2. The van der Waals surface area contributed by atoms with Crippen molar-refractivity contribution in [3.8, 4) is 0 Å². The first-order valence-corrected chi connectivity index (χ1v) is 9.15. The summed E-state index contributed by atoms with van der Waals surface area (Å²) in [5.74, 6) is 0. The number of halogens is 2. The highest BCUT2D eigenvalue weighted by Crippen LogP contribution is 2.29. The van der Waals surface area contributed by atoms with Crippen LogP contribution in [-0.4, -0.2) is 19.9 Å². The van der Waals surface area contributed by atoms with Crippen molar-refractivity contribution >= 4 is 66.3 Å². The monoisotopic (exact) mass is 400 g/mol. The Balaban J connectivity index is 0.000000141. The highest BCUT2D eigenvalue weighted by Gasteiger charge is 2.08. The van der Waals surface area contributed by atoms with E-state index in [-0.39, 0.29) is 10.8 Å². The van der Waals surface area contributed by atoms with Crippen molar-refractivity contribution in [1.82, 2.24) is 19.9 Å². The molecule has 4 heterocycles. The smallest absolute Gasteiger partial charge is 0.306 e. The maximum absolute atomic E-state index is 11.1. The van der Waals surface area contributed by atoms with Gasteiger partial charge in [0.25, 0.3) is 5.56 Å². The van der Waals surface area contributed by atoms with E-state index in [0.29, 0.717) is 15.4 Å². The van der Waals surface area contributed by atoms with Gasteiger partial charge in [0.05, 0.1) is 15.7 Å². The summed E-state index contributed by atoms with van der Waals surface area (Å²) in [5, 5.41) is 4.47. The summed E-state index contributed by atoms with van der Waals surface area (Å²) < 4.78 is 1.48. The van der Waals surface area contributed by atoms with E-state index in [1.54, 1.807) is 0 Å². The van der Waals surface area contributed by atoms with E-state index in [1.165, 1.54) is 22.7 Å². The fourth-order valence-electron chi connectivity index (χ4n) is 2.04. The molecular weight excluding hydrogens is 391 g/mol. The van der Waals surface area contributed by atoms with Crippen LogP contribution in [0.1, 0.15) is 11.1 Å². The fraction of sp³-hybridized carbons (Fsp3) is 0.143. The van der Waals surface area contributed by atoms with Crippen molar-refractivity contribution in [1.29, 1.82) is 0 Å². The van der Waals surface area contributed by atoms with Crippen LogP contribution in [0.5, 0.6) is 0 Å². The van der Waals surface area contributed by atoms with Crippen LogP contribution in [0, 0.1) is 13.8 Å². The number of aryl methyl sites for hydroxylation is 2. The molecule has 4 aromatic rings. The first kappa shape index (κ1) is 17.1. The predicted molar refractivity (Wildman–Crippen MR) is 100.0 cm³/mol. The lowest BCUT2D eigenvalue weighted by molar-refractivity contribution is 1.08. The minimum absolute atomic E-state index is 0.203. The lowest BCUT2D eigenvalue weighted by atomic mass is 10.3. The van der Waals surface area contributed by atoms with E-state index in [1.807, 2.05) is 24.6 Å². The van der Waals surface area contributed by atoms with Gasteiger partial charge in [0, 0.05) is 0 Å². The Hall–Kier alpha value is -1.74. The van der Waals surface area contributed by atoms with Gasteiger partial charge in [-0.1, -0.05) is 11.6 Å². The SMILES string of the molecule is Cc1csc2c(=O)[nH]c(=O)[nH]c12.Cc1csc2c(Cl)nc(Cl)nc12. The Morgan fingerprint density at radius 3 is 2.38 bits per heavy atom. The molecule has 4 rings (SSSR count). The normalized spacial score (nSPS) is 10.8. The molecule has 0 saturated heterocycles. The van der Waals surface area contributed by atoms with Crippen molar-refractivity contribution in [2.45, 2.75) is 13.8 Å². The number of rotatable bonds is 0. The van der Waals surface area contributed by atoms with E-state index in [2.05, 4.69) is 19.9 Å². The molecule has 4 aromatic heterocycles. The van der Waals surface area contributed by atoms with Crippen molar-refractivity contribution in [2.24, 2.45) is 0 Å². The van der Waals surface area contributed by atoms with Gasteiger partial charge in [0.15, 0.2) is 5.15 Å². The van der Waals surface area contributed by atoms with Gasteiger partial charge >= 0.3 is 5.69 Å². The van der Waals surface area contributed by atoms with Crippen LogP contribution in [0.15, 0.2) is 20.3 Å². The minimum Gasteiger partial charge on any atom is -0.306 e. The van der Waals surface area contributed by atoms with Gasteiger partial charge < -0.3 is 4.98 Å². The summed E-state index contributed by atoms with van der Waals surface area (Å²) in [5.41, 5.74) is 2.75. The molecule has 2 N–H and O–H groups in total. The maximum atomic E-state index is 11.1. The molecule has 0 amide bonds. The molecule has 0 saturated carbocycles. The summed E-state index contributed by atoms with van der Waals surface area (Å²) in [7, 11) is 0. The second-order valence-corrected chi connectivity index (χ2v) is 7.37. The zero-order valence-electron chi connectivity index (χ0n) is 12.4. The van der Waals surface area contributed by atoms with Crippen molar-refractivity contribution in [3.63, 3.8) is 0 Å². The van der Waals surface area contributed by atoms with Gasteiger partial charge in [0.1, 0.15) is 4.70 Å². The molecule has 10 heteroatoms. The topological polar surface area (TPSA) is 91.5 Å². The Morgan fingerprint density at radius 1 is 0.958 bits per heavy atom.